The largest absolute Gasteiger partial charge is 0.369 e. The Morgan fingerprint density at radius 1 is 1.21 bits per heavy atom. The molecule has 0 heterocycles. The number of amides is 1. The van der Waals surface area contributed by atoms with Crippen LogP contribution in [0.15, 0.2) is 0 Å². The molecule has 1 amide bonds. The molecule has 0 spiro atoms. The lowest BCUT2D eigenvalue weighted by Gasteiger charge is -2.60. The number of carbonyl (C=O) groups is 1. The van der Waals surface area contributed by atoms with E-state index in [0.717, 1.165) is 31.1 Å². The van der Waals surface area contributed by atoms with E-state index in [1.807, 2.05) is 0 Å². The minimum absolute atomic E-state index is 0.0159. The SMILES string of the molecule is CC12C[C@H]3C[C@@H](C1)CC(C(N)=O)(C3)C2. The van der Waals surface area contributed by atoms with E-state index in [4.69, 9.17) is 5.73 Å². The third kappa shape index (κ3) is 0.999. The van der Waals surface area contributed by atoms with Gasteiger partial charge in [-0.25, -0.2) is 0 Å². The molecule has 4 aliphatic rings. The zero-order chi connectivity index (χ0) is 9.97. The van der Waals surface area contributed by atoms with E-state index < -0.39 is 0 Å². The Kier molecular flexibility index (Phi) is 1.46. The van der Waals surface area contributed by atoms with Crippen molar-refractivity contribution in [2.45, 2.75) is 45.4 Å². The van der Waals surface area contributed by atoms with Crippen molar-refractivity contribution in [3.05, 3.63) is 0 Å². The molecular weight excluding hydrogens is 174 g/mol. The lowest BCUT2D eigenvalue weighted by molar-refractivity contribution is -0.151. The van der Waals surface area contributed by atoms with E-state index in [2.05, 4.69) is 6.92 Å². The molecule has 4 aliphatic carbocycles. The number of nitrogens with two attached hydrogens (primary N) is 1. The number of hydrogen-bond donors (Lipinski definition) is 1. The van der Waals surface area contributed by atoms with Gasteiger partial charge in [-0.1, -0.05) is 6.92 Å². The fourth-order valence-corrected chi connectivity index (χ4v) is 5.01. The van der Waals surface area contributed by atoms with Crippen molar-refractivity contribution in [1.29, 1.82) is 0 Å². The molecule has 4 fully saturated rings. The van der Waals surface area contributed by atoms with E-state index in [-0.39, 0.29) is 11.3 Å². The van der Waals surface area contributed by atoms with Crippen LogP contribution in [0.4, 0.5) is 0 Å². The highest BCUT2D eigenvalue weighted by Gasteiger charge is 2.58. The molecule has 0 saturated heterocycles. The summed E-state index contributed by atoms with van der Waals surface area (Å²) in [6.45, 7) is 2.36. The quantitative estimate of drug-likeness (QED) is 0.680. The molecule has 0 aliphatic heterocycles. The molecule has 0 aromatic rings. The van der Waals surface area contributed by atoms with Crippen LogP contribution >= 0.6 is 0 Å². The molecule has 2 unspecified atom stereocenters. The molecule has 4 bridgehead atoms. The van der Waals surface area contributed by atoms with Crippen LogP contribution in [0, 0.1) is 22.7 Å². The summed E-state index contributed by atoms with van der Waals surface area (Å²) in [7, 11) is 0. The van der Waals surface area contributed by atoms with Crippen LogP contribution in [0.5, 0.6) is 0 Å². The Labute approximate surface area is 85.2 Å². The van der Waals surface area contributed by atoms with Gasteiger partial charge in [0.1, 0.15) is 0 Å². The summed E-state index contributed by atoms with van der Waals surface area (Å²) in [5.41, 5.74) is 5.96. The normalized spacial score (nSPS) is 54.9. The van der Waals surface area contributed by atoms with Crippen molar-refractivity contribution in [3.8, 4) is 0 Å². The maximum Gasteiger partial charge on any atom is 0.223 e. The van der Waals surface area contributed by atoms with Gasteiger partial charge in [0.05, 0.1) is 0 Å². The van der Waals surface area contributed by atoms with Gasteiger partial charge in [0.2, 0.25) is 5.91 Å². The Hall–Kier alpha value is -0.530. The lowest BCUT2D eigenvalue weighted by Crippen LogP contribution is -2.55. The number of carbonyl (C=O) groups excluding carboxylic acids is 1. The van der Waals surface area contributed by atoms with Crippen molar-refractivity contribution >= 4 is 5.91 Å². The van der Waals surface area contributed by atoms with Crippen LogP contribution in [0.2, 0.25) is 0 Å². The third-order valence-electron chi connectivity index (χ3n) is 4.88. The number of rotatable bonds is 1. The third-order valence-corrected chi connectivity index (χ3v) is 4.88. The average molecular weight is 193 g/mol. The minimum atomic E-state index is -0.0984. The van der Waals surface area contributed by atoms with E-state index in [9.17, 15) is 4.79 Å². The number of primary amides is 1. The monoisotopic (exact) mass is 193 g/mol. The van der Waals surface area contributed by atoms with Gasteiger partial charge in [-0.15, -0.1) is 0 Å². The van der Waals surface area contributed by atoms with Crippen LogP contribution in [0.3, 0.4) is 0 Å². The Morgan fingerprint density at radius 2 is 1.79 bits per heavy atom. The van der Waals surface area contributed by atoms with E-state index >= 15 is 0 Å². The maximum atomic E-state index is 11.6. The van der Waals surface area contributed by atoms with E-state index in [0.29, 0.717) is 5.41 Å². The maximum absolute atomic E-state index is 11.6. The molecule has 0 radical (unpaired) electrons. The van der Waals surface area contributed by atoms with Gasteiger partial charge >= 0.3 is 0 Å². The van der Waals surface area contributed by atoms with Gasteiger partial charge in [-0.05, 0) is 55.8 Å². The molecule has 78 valence electrons. The molecular formula is C12H19NO. The second kappa shape index (κ2) is 2.34. The first-order valence-corrected chi connectivity index (χ1v) is 5.81. The first kappa shape index (κ1) is 8.75. The second-order valence-electron chi connectivity index (χ2n) is 6.42. The summed E-state index contributed by atoms with van der Waals surface area (Å²) in [6.07, 6.45) is 7.31. The standard InChI is InChI=1S/C12H19NO/c1-11-3-8-2-9(4-11)6-12(5-8,7-11)10(13)14/h8-9H,2-7H2,1H3,(H2,13,14)/t8-,9+,11?,12?. The second-order valence-corrected chi connectivity index (χ2v) is 6.42. The predicted octanol–water partition coefficient (Wildman–Crippen LogP) is 2.08. The molecule has 4 rings (SSSR count). The molecule has 4 atom stereocenters. The van der Waals surface area contributed by atoms with Gasteiger partial charge in [0, 0.05) is 5.41 Å². The average Bonchev–Trinajstić information content (AvgIpc) is 1.98. The fourth-order valence-electron chi connectivity index (χ4n) is 5.01. The summed E-state index contributed by atoms with van der Waals surface area (Å²) in [6, 6.07) is 0. The van der Waals surface area contributed by atoms with Gasteiger partial charge in [0.15, 0.2) is 0 Å². The first-order valence-electron chi connectivity index (χ1n) is 5.81. The van der Waals surface area contributed by atoms with Crippen molar-refractivity contribution in [2.24, 2.45) is 28.4 Å². The highest BCUT2D eigenvalue weighted by Crippen LogP contribution is 2.64. The van der Waals surface area contributed by atoms with Crippen LogP contribution in [0.25, 0.3) is 0 Å². The highest BCUT2D eigenvalue weighted by atomic mass is 16.1. The lowest BCUT2D eigenvalue weighted by atomic mass is 9.44. The summed E-state index contributed by atoms with van der Waals surface area (Å²) < 4.78 is 0. The summed E-state index contributed by atoms with van der Waals surface area (Å²) in [5, 5.41) is 0. The Bertz CT molecular complexity index is 283. The van der Waals surface area contributed by atoms with Crippen molar-refractivity contribution in [1.82, 2.24) is 0 Å². The zero-order valence-corrected chi connectivity index (χ0v) is 8.88. The van der Waals surface area contributed by atoms with E-state index in [1.54, 1.807) is 0 Å². The zero-order valence-electron chi connectivity index (χ0n) is 8.88. The van der Waals surface area contributed by atoms with Crippen LogP contribution in [-0.4, -0.2) is 5.91 Å². The Morgan fingerprint density at radius 3 is 2.21 bits per heavy atom. The van der Waals surface area contributed by atoms with Crippen molar-refractivity contribution in [2.75, 3.05) is 0 Å². The van der Waals surface area contributed by atoms with Gasteiger partial charge in [-0.3, -0.25) is 4.79 Å². The minimum Gasteiger partial charge on any atom is -0.369 e. The topological polar surface area (TPSA) is 43.1 Å². The molecule has 2 N–H and O–H groups in total. The van der Waals surface area contributed by atoms with Gasteiger partial charge in [0.25, 0.3) is 0 Å². The van der Waals surface area contributed by atoms with Gasteiger partial charge in [-0.2, -0.15) is 0 Å². The predicted molar refractivity (Wildman–Crippen MR) is 54.4 cm³/mol. The molecule has 2 heteroatoms. The van der Waals surface area contributed by atoms with Crippen LogP contribution in [-0.2, 0) is 4.79 Å². The highest BCUT2D eigenvalue weighted by molar-refractivity contribution is 5.81. The molecule has 0 aromatic heterocycles. The van der Waals surface area contributed by atoms with Crippen molar-refractivity contribution < 1.29 is 4.79 Å². The number of hydrogen-bond acceptors (Lipinski definition) is 1. The fraction of sp³-hybridized carbons (Fsp3) is 0.917. The van der Waals surface area contributed by atoms with Crippen molar-refractivity contribution in [3.63, 3.8) is 0 Å². The summed E-state index contributed by atoms with van der Waals surface area (Å²) in [4.78, 5) is 11.6. The Balaban J connectivity index is 2.00. The van der Waals surface area contributed by atoms with E-state index in [1.165, 1.54) is 19.3 Å². The van der Waals surface area contributed by atoms with Gasteiger partial charge < -0.3 is 5.73 Å². The molecule has 14 heavy (non-hydrogen) atoms. The summed E-state index contributed by atoms with van der Waals surface area (Å²) >= 11 is 0. The summed E-state index contributed by atoms with van der Waals surface area (Å²) in [5.74, 6) is 1.58. The first-order chi connectivity index (χ1) is 6.51. The molecule has 2 nitrogen and oxygen atoms in total. The smallest absolute Gasteiger partial charge is 0.223 e. The molecule has 4 saturated carbocycles. The van der Waals surface area contributed by atoms with Crippen LogP contribution in [0.1, 0.15) is 45.4 Å². The molecule has 0 aromatic carbocycles. The van der Waals surface area contributed by atoms with Crippen LogP contribution < -0.4 is 5.73 Å².